The van der Waals surface area contributed by atoms with Crippen molar-refractivity contribution in [3.63, 3.8) is 0 Å². The molecule has 1 nitrogen and oxygen atoms in total. The zero-order valence-corrected chi connectivity index (χ0v) is 10.3. The summed E-state index contributed by atoms with van der Waals surface area (Å²) >= 11 is 0. The lowest BCUT2D eigenvalue weighted by Crippen LogP contribution is -1.85. The molecule has 0 bridgehead atoms. The lowest BCUT2D eigenvalue weighted by Gasteiger charge is -2.05. The molecule has 0 unspecified atom stereocenters. The zero-order chi connectivity index (χ0) is 12.2. The highest BCUT2D eigenvalue weighted by molar-refractivity contribution is 5.34. The molecular formula is C17H16O. The zero-order valence-electron chi connectivity index (χ0n) is 10.3. The van der Waals surface area contributed by atoms with Gasteiger partial charge in [-0.05, 0) is 49.1 Å². The van der Waals surface area contributed by atoms with Crippen LogP contribution in [0.2, 0.25) is 0 Å². The predicted octanol–water partition coefficient (Wildman–Crippen LogP) is 4.74. The van der Waals surface area contributed by atoms with E-state index in [1.165, 1.54) is 18.4 Å². The molecule has 0 aliphatic heterocycles. The van der Waals surface area contributed by atoms with Crippen LogP contribution in [-0.2, 0) is 6.42 Å². The lowest BCUT2D eigenvalue weighted by molar-refractivity contribution is 0.482. The van der Waals surface area contributed by atoms with Gasteiger partial charge in [-0.25, -0.2) is 0 Å². The van der Waals surface area contributed by atoms with Crippen molar-refractivity contribution >= 4 is 0 Å². The number of rotatable bonds is 4. The molecule has 0 heterocycles. The first-order valence-corrected chi connectivity index (χ1v) is 6.40. The fraction of sp³-hybridized carbons (Fsp3) is 0.176. The molecule has 0 atom stereocenters. The average Bonchev–Trinajstić information content (AvgIpc) is 3.23. The normalized spacial score (nSPS) is 13.2. The molecule has 0 aromatic heterocycles. The number of benzene rings is 2. The van der Waals surface area contributed by atoms with Gasteiger partial charge in [0.05, 0.1) is 0 Å². The molecule has 0 radical (unpaired) electrons. The SMILES string of the molecule is C(Cc1ccc(Oc2ccccc2)cc1)=C1CC1. The van der Waals surface area contributed by atoms with Gasteiger partial charge in [0.1, 0.15) is 11.5 Å². The summed E-state index contributed by atoms with van der Waals surface area (Å²) in [6, 6.07) is 18.2. The molecule has 2 aromatic carbocycles. The van der Waals surface area contributed by atoms with Crippen molar-refractivity contribution in [3.05, 3.63) is 71.8 Å². The van der Waals surface area contributed by atoms with Gasteiger partial charge < -0.3 is 4.74 Å². The third kappa shape index (κ3) is 3.01. The van der Waals surface area contributed by atoms with Gasteiger partial charge in [0.15, 0.2) is 0 Å². The third-order valence-electron chi connectivity index (χ3n) is 3.07. The molecule has 2 aromatic rings. The summed E-state index contributed by atoms with van der Waals surface area (Å²) < 4.78 is 5.76. The largest absolute Gasteiger partial charge is 0.457 e. The van der Waals surface area contributed by atoms with Crippen LogP contribution in [0.15, 0.2) is 66.2 Å². The van der Waals surface area contributed by atoms with E-state index in [0.29, 0.717) is 0 Å². The molecule has 1 aliphatic carbocycles. The van der Waals surface area contributed by atoms with E-state index in [9.17, 15) is 0 Å². The van der Waals surface area contributed by atoms with E-state index in [2.05, 4.69) is 18.2 Å². The van der Waals surface area contributed by atoms with E-state index in [-0.39, 0.29) is 0 Å². The minimum atomic E-state index is 0.880. The van der Waals surface area contributed by atoms with Crippen LogP contribution in [0, 0.1) is 0 Å². The maximum Gasteiger partial charge on any atom is 0.127 e. The quantitative estimate of drug-likeness (QED) is 0.696. The summed E-state index contributed by atoms with van der Waals surface area (Å²) in [6.07, 6.45) is 5.98. The average molecular weight is 236 g/mol. The Hall–Kier alpha value is -2.02. The van der Waals surface area contributed by atoms with Gasteiger partial charge in [0.2, 0.25) is 0 Å². The Bertz CT molecular complexity index is 532. The van der Waals surface area contributed by atoms with E-state index >= 15 is 0 Å². The van der Waals surface area contributed by atoms with Crippen molar-refractivity contribution in [2.75, 3.05) is 0 Å². The Morgan fingerprint density at radius 2 is 1.50 bits per heavy atom. The second-order valence-corrected chi connectivity index (χ2v) is 4.63. The summed E-state index contributed by atoms with van der Waals surface area (Å²) in [5.74, 6) is 1.77. The first-order chi connectivity index (χ1) is 8.90. The highest BCUT2D eigenvalue weighted by atomic mass is 16.5. The molecule has 0 amide bonds. The molecule has 1 saturated carbocycles. The van der Waals surface area contributed by atoms with Crippen LogP contribution < -0.4 is 4.74 Å². The molecule has 1 heteroatoms. The van der Waals surface area contributed by atoms with Crippen molar-refractivity contribution in [3.8, 4) is 11.5 Å². The molecule has 0 spiro atoms. The monoisotopic (exact) mass is 236 g/mol. The molecule has 1 fully saturated rings. The molecule has 0 saturated heterocycles. The van der Waals surface area contributed by atoms with E-state index in [4.69, 9.17) is 4.74 Å². The Balaban J connectivity index is 1.65. The van der Waals surface area contributed by atoms with Crippen LogP contribution in [-0.4, -0.2) is 0 Å². The van der Waals surface area contributed by atoms with Crippen LogP contribution in [0.4, 0.5) is 0 Å². The smallest absolute Gasteiger partial charge is 0.127 e. The van der Waals surface area contributed by atoms with Gasteiger partial charge in [-0.15, -0.1) is 0 Å². The fourth-order valence-electron chi connectivity index (χ4n) is 1.86. The van der Waals surface area contributed by atoms with E-state index < -0.39 is 0 Å². The summed E-state index contributed by atoms with van der Waals surface area (Å²) in [6.45, 7) is 0. The van der Waals surface area contributed by atoms with Crippen molar-refractivity contribution in [1.29, 1.82) is 0 Å². The summed E-state index contributed by atoms with van der Waals surface area (Å²) in [4.78, 5) is 0. The summed E-state index contributed by atoms with van der Waals surface area (Å²) in [7, 11) is 0. The number of hydrogen-bond donors (Lipinski definition) is 0. The number of allylic oxidation sites excluding steroid dienone is 2. The van der Waals surface area contributed by atoms with Crippen molar-refractivity contribution in [1.82, 2.24) is 0 Å². The minimum Gasteiger partial charge on any atom is -0.457 e. The second kappa shape index (κ2) is 5.09. The van der Waals surface area contributed by atoms with Gasteiger partial charge >= 0.3 is 0 Å². The fourth-order valence-corrected chi connectivity index (χ4v) is 1.86. The molecule has 0 N–H and O–H groups in total. The number of hydrogen-bond acceptors (Lipinski definition) is 1. The second-order valence-electron chi connectivity index (χ2n) is 4.63. The van der Waals surface area contributed by atoms with Crippen LogP contribution in [0.3, 0.4) is 0 Å². The minimum absolute atomic E-state index is 0.880. The van der Waals surface area contributed by atoms with E-state index in [1.54, 1.807) is 5.57 Å². The van der Waals surface area contributed by atoms with Gasteiger partial charge in [0.25, 0.3) is 0 Å². The van der Waals surface area contributed by atoms with Crippen molar-refractivity contribution in [2.45, 2.75) is 19.3 Å². The summed E-state index contributed by atoms with van der Waals surface area (Å²) in [5.41, 5.74) is 2.94. The van der Waals surface area contributed by atoms with Gasteiger partial charge in [0, 0.05) is 0 Å². The highest BCUT2D eigenvalue weighted by Crippen LogP contribution is 2.28. The third-order valence-corrected chi connectivity index (χ3v) is 3.07. The first-order valence-electron chi connectivity index (χ1n) is 6.40. The van der Waals surface area contributed by atoms with Gasteiger partial charge in [-0.1, -0.05) is 42.0 Å². The lowest BCUT2D eigenvalue weighted by atomic mass is 10.1. The highest BCUT2D eigenvalue weighted by Gasteiger charge is 2.09. The Kier molecular flexibility index (Phi) is 3.14. The molecule has 18 heavy (non-hydrogen) atoms. The topological polar surface area (TPSA) is 9.23 Å². The molecule has 90 valence electrons. The molecule has 1 aliphatic rings. The van der Waals surface area contributed by atoms with Crippen LogP contribution >= 0.6 is 0 Å². The van der Waals surface area contributed by atoms with Crippen molar-refractivity contribution < 1.29 is 4.74 Å². The number of para-hydroxylation sites is 1. The van der Waals surface area contributed by atoms with Gasteiger partial charge in [-0.2, -0.15) is 0 Å². The number of ether oxygens (including phenoxy) is 1. The first kappa shape index (κ1) is 11.1. The Morgan fingerprint density at radius 1 is 0.833 bits per heavy atom. The van der Waals surface area contributed by atoms with E-state index in [1.807, 2.05) is 42.5 Å². The Labute approximate surface area is 108 Å². The maximum atomic E-state index is 5.76. The van der Waals surface area contributed by atoms with Crippen LogP contribution in [0.25, 0.3) is 0 Å². The van der Waals surface area contributed by atoms with E-state index in [0.717, 1.165) is 17.9 Å². The van der Waals surface area contributed by atoms with Crippen molar-refractivity contribution in [2.24, 2.45) is 0 Å². The standard InChI is InChI=1S/C17H16O/c1-2-4-16(5-3-1)18-17-12-10-15(11-13-17)9-8-14-6-7-14/h1-5,8,10-13H,6-7,9H2. The molecular weight excluding hydrogens is 220 g/mol. The summed E-state index contributed by atoms with van der Waals surface area (Å²) in [5, 5.41) is 0. The maximum absolute atomic E-state index is 5.76. The predicted molar refractivity (Wildman–Crippen MR) is 74.0 cm³/mol. The Morgan fingerprint density at radius 3 is 2.17 bits per heavy atom. The van der Waals surface area contributed by atoms with Crippen LogP contribution in [0.1, 0.15) is 18.4 Å². The van der Waals surface area contributed by atoms with Crippen LogP contribution in [0.5, 0.6) is 11.5 Å². The molecule has 3 rings (SSSR count). The van der Waals surface area contributed by atoms with Gasteiger partial charge in [-0.3, -0.25) is 0 Å².